The minimum atomic E-state index is 1.07. The van der Waals surface area contributed by atoms with Gasteiger partial charge in [0.1, 0.15) is 13.1 Å². The van der Waals surface area contributed by atoms with Crippen molar-refractivity contribution in [3.63, 3.8) is 0 Å². The summed E-state index contributed by atoms with van der Waals surface area (Å²) in [5.74, 6) is 0. The summed E-state index contributed by atoms with van der Waals surface area (Å²) in [7, 11) is 0. The van der Waals surface area contributed by atoms with Crippen LogP contribution in [0, 0.1) is 0 Å². The molecule has 0 fully saturated rings. The molecule has 0 spiro atoms. The van der Waals surface area contributed by atoms with Gasteiger partial charge in [0.15, 0.2) is 24.8 Å². The maximum absolute atomic E-state index is 2.30. The van der Waals surface area contributed by atoms with E-state index >= 15 is 0 Å². The molecule has 2 aromatic carbocycles. The van der Waals surface area contributed by atoms with Crippen LogP contribution in [0.15, 0.2) is 85.5 Å². The summed E-state index contributed by atoms with van der Waals surface area (Å²) in [5.41, 5.74) is 0. The van der Waals surface area contributed by atoms with Gasteiger partial charge in [0.05, 0.1) is 0 Å². The predicted octanol–water partition coefficient (Wildman–Crippen LogP) is 4.05. The number of hydrogen-bond donors (Lipinski definition) is 0. The summed E-state index contributed by atoms with van der Waals surface area (Å²) in [5, 5.41) is 5.23. The summed E-state index contributed by atoms with van der Waals surface area (Å²) in [4.78, 5) is 0. The molecule has 0 saturated carbocycles. The van der Waals surface area contributed by atoms with Crippen LogP contribution in [0.1, 0.15) is 12.8 Å². The molecular formula is C22H22N2+2. The smallest absolute Gasteiger partial charge is 0.176 e. The molecule has 0 bridgehead atoms. The molecule has 0 aliphatic rings. The molecule has 4 aromatic rings. The quantitative estimate of drug-likeness (QED) is 0.388. The van der Waals surface area contributed by atoms with Crippen LogP contribution in [0.2, 0.25) is 0 Å². The average Bonchev–Trinajstić information content (AvgIpc) is 2.65. The van der Waals surface area contributed by atoms with Gasteiger partial charge < -0.3 is 0 Å². The fourth-order valence-electron chi connectivity index (χ4n) is 3.22. The van der Waals surface area contributed by atoms with Crippen molar-refractivity contribution in [1.82, 2.24) is 0 Å². The Bertz CT molecular complexity index is 894. The second-order valence-corrected chi connectivity index (χ2v) is 6.33. The Labute approximate surface area is 142 Å². The highest BCUT2D eigenvalue weighted by Crippen LogP contribution is 2.10. The van der Waals surface area contributed by atoms with Crippen LogP contribution in [-0.2, 0) is 13.1 Å². The number of unbranched alkanes of at least 4 members (excludes halogenated alkanes) is 1. The summed E-state index contributed by atoms with van der Waals surface area (Å²) in [6.45, 7) is 2.14. The zero-order valence-electron chi connectivity index (χ0n) is 13.8. The van der Waals surface area contributed by atoms with E-state index in [4.69, 9.17) is 0 Å². The van der Waals surface area contributed by atoms with E-state index in [0.717, 1.165) is 13.1 Å². The van der Waals surface area contributed by atoms with Gasteiger partial charge in [-0.15, -0.1) is 0 Å². The van der Waals surface area contributed by atoms with Gasteiger partial charge in [0.25, 0.3) is 0 Å². The molecule has 2 nitrogen and oxygen atoms in total. The molecule has 118 valence electrons. The van der Waals surface area contributed by atoms with E-state index in [-0.39, 0.29) is 0 Å². The number of fused-ring (bicyclic) bond motifs is 2. The molecule has 2 aromatic heterocycles. The normalized spacial score (nSPS) is 11.2. The summed E-state index contributed by atoms with van der Waals surface area (Å²) >= 11 is 0. The second kappa shape index (κ2) is 6.79. The number of aromatic nitrogens is 2. The van der Waals surface area contributed by atoms with Gasteiger partial charge in [0, 0.05) is 35.7 Å². The number of rotatable bonds is 5. The molecule has 0 saturated heterocycles. The van der Waals surface area contributed by atoms with Crippen LogP contribution in [0.25, 0.3) is 21.5 Å². The number of aryl methyl sites for hydroxylation is 2. The molecule has 0 amide bonds. The topological polar surface area (TPSA) is 7.76 Å². The minimum Gasteiger partial charge on any atom is -0.204 e. The predicted molar refractivity (Wildman–Crippen MR) is 97.5 cm³/mol. The molecule has 2 heteroatoms. The van der Waals surface area contributed by atoms with Gasteiger partial charge in [-0.25, -0.2) is 9.13 Å². The Morgan fingerprint density at radius 1 is 0.500 bits per heavy atom. The first-order valence-electron chi connectivity index (χ1n) is 8.64. The minimum absolute atomic E-state index is 1.07. The highest BCUT2D eigenvalue weighted by atomic mass is 14.9. The Hall–Kier alpha value is -2.74. The van der Waals surface area contributed by atoms with Crippen LogP contribution in [0.4, 0.5) is 0 Å². The van der Waals surface area contributed by atoms with Crippen LogP contribution in [-0.4, -0.2) is 0 Å². The second-order valence-electron chi connectivity index (χ2n) is 6.33. The molecule has 0 atom stereocenters. The van der Waals surface area contributed by atoms with E-state index in [2.05, 4.69) is 94.6 Å². The lowest BCUT2D eigenvalue weighted by molar-refractivity contribution is -0.706. The number of hydrogen-bond acceptors (Lipinski definition) is 0. The van der Waals surface area contributed by atoms with Gasteiger partial charge in [-0.1, -0.05) is 36.4 Å². The van der Waals surface area contributed by atoms with Gasteiger partial charge in [0.2, 0.25) is 0 Å². The van der Waals surface area contributed by atoms with Crippen molar-refractivity contribution in [3.8, 4) is 0 Å². The van der Waals surface area contributed by atoms with Crippen LogP contribution in [0.5, 0.6) is 0 Å². The highest BCUT2D eigenvalue weighted by Gasteiger charge is 2.06. The number of pyridine rings is 2. The SMILES string of the molecule is c1ccc2c[n+](CCCC[n+]3ccc4ccccc4c3)ccc2c1. The number of benzene rings is 2. The lowest BCUT2D eigenvalue weighted by atomic mass is 10.2. The van der Waals surface area contributed by atoms with E-state index in [1.165, 1.54) is 34.4 Å². The average molecular weight is 314 g/mol. The largest absolute Gasteiger partial charge is 0.204 e. The van der Waals surface area contributed by atoms with E-state index in [9.17, 15) is 0 Å². The third-order valence-corrected chi connectivity index (χ3v) is 4.58. The molecule has 0 aliphatic carbocycles. The summed E-state index contributed by atoms with van der Waals surface area (Å²) in [6.07, 6.45) is 11.2. The lowest BCUT2D eigenvalue weighted by Crippen LogP contribution is -2.35. The zero-order chi connectivity index (χ0) is 16.2. The maximum Gasteiger partial charge on any atom is 0.176 e. The molecule has 0 aliphatic heterocycles. The van der Waals surface area contributed by atoms with Crippen molar-refractivity contribution in [2.75, 3.05) is 0 Å². The Kier molecular flexibility index (Phi) is 4.20. The van der Waals surface area contributed by atoms with E-state index in [1.807, 2.05) is 0 Å². The first kappa shape index (κ1) is 14.8. The summed E-state index contributed by atoms with van der Waals surface area (Å²) < 4.78 is 4.60. The van der Waals surface area contributed by atoms with Crippen molar-refractivity contribution in [3.05, 3.63) is 85.5 Å². The fourth-order valence-corrected chi connectivity index (χ4v) is 3.22. The third-order valence-electron chi connectivity index (χ3n) is 4.58. The van der Waals surface area contributed by atoms with Crippen molar-refractivity contribution in [1.29, 1.82) is 0 Å². The molecule has 0 radical (unpaired) electrons. The zero-order valence-corrected chi connectivity index (χ0v) is 13.8. The third kappa shape index (κ3) is 3.28. The molecular weight excluding hydrogens is 292 g/mol. The standard InChI is InChI=1S/C22H22N2/c1-3-9-21-17-23(15-11-19(21)7-1)13-5-6-14-24-16-12-20-8-2-4-10-22(20)18-24/h1-4,7-12,15-18H,5-6,13-14H2/q+2. The maximum atomic E-state index is 2.30. The molecule has 4 rings (SSSR count). The van der Waals surface area contributed by atoms with Crippen molar-refractivity contribution < 1.29 is 9.13 Å². The summed E-state index contributed by atoms with van der Waals surface area (Å²) in [6, 6.07) is 21.5. The Morgan fingerprint density at radius 2 is 0.917 bits per heavy atom. The van der Waals surface area contributed by atoms with Gasteiger partial charge >= 0.3 is 0 Å². The van der Waals surface area contributed by atoms with Gasteiger partial charge in [-0.2, -0.15) is 0 Å². The van der Waals surface area contributed by atoms with Crippen molar-refractivity contribution in [2.45, 2.75) is 25.9 Å². The van der Waals surface area contributed by atoms with Crippen molar-refractivity contribution in [2.24, 2.45) is 0 Å². The highest BCUT2D eigenvalue weighted by molar-refractivity contribution is 5.80. The van der Waals surface area contributed by atoms with E-state index in [1.54, 1.807) is 0 Å². The molecule has 0 unspecified atom stereocenters. The number of nitrogens with zero attached hydrogens (tertiary/aromatic N) is 2. The monoisotopic (exact) mass is 314 g/mol. The fraction of sp³-hybridized carbons (Fsp3) is 0.182. The van der Waals surface area contributed by atoms with Crippen molar-refractivity contribution >= 4 is 21.5 Å². The molecule has 2 heterocycles. The Morgan fingerprint density at radius 3 is 1.38 bits per heavy atom. The lowest BCUT2D eigenvalue weighted by Gasteiger charge is -2.00. The van der Waals surface area contributed by atoms with E-state index < -0.39 is 0 Å². The van der Waals surface area contributed by atoms with Gasteiger partial charge in [-0.05, 0) is 22.9 Å². The molecule has 24 heavy (non-hydrogen) atoms. The first-order valence-corrected chi connectivity index (χ1v) is 8.64. The van der Waals surface area contributed by atoms with Crippen LogP contribution >= 0.6 is 0 Å². The first-order chi connectivity index (χ1) is 11.9. The van der Waals surface area contributed by atoms with Gasteiger partial charge in [-0.3, -0.25) is 0 Å². The Balaban J connectivity index is 1.36. The van der Waals surface area contributed by atoms with E-state index in [0.29, 0.717) is 0 Å². The van der Waals surface area contributed by atoms with Crippen LogP contribution < -0.4 is 9.13 Å². The van der Waals surface area contributed by atoms with Crippen LogP contribution in [0.3, 0.4) is 0 Å². The molecule has 0 N–H and O–H groups in total.